The molecule has 1 aliphatic rings. The lowest BCUT2D eigenvalue weighted by Crippen LogP contribution is -2.36. The monoisotopic (exact) mass is 251 g/mol. The highest BCUT2D eigenvalue weighted by Gasteiger charge is 2.26. The Labute approximate surface area is 105 Å². The standard InChI is InChI=1S/C13H17NO2S/c1-10-6-8-17-12(10)4-5-13(16)14-7-2-3-11(14)9-15/h4-6,8,11,15H,2-3,7,9H2,1H3/b5-4+. The van der Waals surface area contributed by atoms with E-state index in [2.05, 4.69) is 0 Å². The Morgan fingerprint density at radius 1 is 1.71 bits per heavy atom. The van der Waals surface area contributed by atoms with Crippen LogP contribution in [0.25, 0.3) is 6.08 Å². The van der Waals surface area contributed by atoms with Crippen LogP contribution in [-0.4, -0.2) is 35.1 Å². The first-order valence-corrected chi connectivity index (χ1v) is 6.74. The van der Waals surface area contributed by atoms with Crippen LogP contribution in [0.2, 0.25) is 0 Å². The van der Waals surface area contributed by atoms with Gasteiger partial charge in [-0.1, -0.05) is 0 Å². The van der Waals surface area contributed by atoms with Gasteiger partial charge in [0.25, 0.3) is 0 Å². The molecule has 2 heterocycles. The zero-order chi connectivity index (χ0) is 12.3. The number of hydrogen-bond donors (Lipinski definition) is 1. The maximum absolute atomic E-state index is 12.0. The van der Waals surface area contributed by atoms with E-state index in [1.807, 2.05) is 24.4 Å². The molecule has 92 valence electrons. The maximum Gasteiger partial charge on any atom is 0.246 e. The first-order chi connectivity index (χ1) is 8.22. The van der Waals surface area contributed by atoms with E-state index in [9.17, 15) is 4.79 Å². The van der Waals surface area contributed by atoms with Crippen molar-refractivity contribution in [2.24, 2.45) is 0 Å². The Kier molecular flexibility index (Phi) is 3.97. The van der Waals surface area contributed by atoms with Crippen molar-refractivity contribution in [3.8, 4) is 0 Å². The normalized spacial score (nSPS) is 20.4. The van der Waals surface area contributed by atoms with Gasteiger partial charge in [-0.25, -0.2) is 0 Å². The number of hydrogen-bond acceptors (Lipinski definition) is 3. The average Bonchev–Trinajstić information content (AvgIpc) is 2.94. The maximum atomic E-state index is 12.0. The third-order valence-corrected chi connectivity index (χ3v) is 4.13. The second-order valence-corrected chi connectivity index (χ2v) is 5.26. The quantitative estimate of drug-likeness (QED) is 0.835. The topological polar surface area (TPSA) is 40.5 Å². The fourth-order valence-electron chi connectivity index (χ4n) is 2.11. The fourth-order valence-corrected chi connectivity index (χ4v) is 2.93. The lowest BCUT2D eigenvalue weighted by atomic mass is 10.2. The van der Waals surface area contributed by atoms with E-state index in [4.69, 9.17) is 5.11 Å². The van der Waals surface area contributed by atoms with Crippen LogP contribution in [0.1, 0.15) is 23.3 Å². The van der Waals surface area contributed by atoms with Gasteiger partial charge < -0.3 is 10.0 Å². The van der Waals surface area contributed by atoms with E-state index in [0.717, 1.165) is 24.3 Å². The molecular formula is C13H17NO2S. The van der Waals surface area contributed by atoms with E-state index >= 15 is 0 Å². The van der Waals surface area contributed by atoms with Gasteiger partial charge in [0, 0.05) is 17.5 Å². The second-order valence-electron chi connectivity index (χ2n) is 4.31. The highest BCUT2D eigenvalue weighted by atomic mass is 32.1. The molecule has 0 saturated carbocycles. The van der Waals surface area contributed by atoms with Crippen molar-refractivity contribution in [1.82, 2.24) is 4.90 Å². The minimum absolute atomic E-state index is 0.00866. The molecule has 4 heteroatoms. The van der Waals surface area contributed by atoms with Crippen LogP contribution in [0.4, 0.5) is 0 Å². The number of aryl methyl sites for hydroxylation is 1. The summed E-state index contributed by atoms with van der Waals surface area (Å²) in [5.74, 6) is 0.00866. The van der Waals surface area contributed by atoms with E-state index in [0.29, 0.717) is 0 Å². The molecule has 1 aromatic rings. The van der Waals surface area contributed by atoms with Crippen LogP contribution in [0, 0.1) is 6.92 Å². The zero-order valence-corrected chi connectivity index (χ0v) is 10.7. The third-order valence-electron chi connectivity index (χ3n) is 3.15. The van der Waals surface area contributed by atoms with E-state index < -0.39 is 0 Å². The summed E-state index contributed by atoms with van der Waals surface area (Å²) in [6.45, 7) is 2.86. The van der Waals surface area contributed by atoms with Gasteiger partial charge in [0.05, 0.1) is 12.6 Å². The Bertz CT molecular complexity index is 425. The van der Waals surface area contributed by atoms with Crippen molar-refractivity contribution >= 4 is 23.3 Å². The lowest BCUT2D eigenvalue weighted by Gasteiger charge is -2.21. The molecule has 0 bridgehead atoms. The molecule has 0 spiro atoms. The number of likely N-dealkylation sites (tertiary alicyclic amines) is 1. The number of rotatable bonds is 3. The first kappa shape index (κ1) is 12.3. The van der Waals surface area contributed by atoms with Crippen LogP contribution >= 0.6 is 11.3 Å². The summed E-state index contributed by atoms with van der Waals surface area (Å²) in [5, 5.41) is 11.2. The first-order valence-electron chi connectivity index (χ1n) is 5.86. The molecule has 2 rings (SSSR count). The molecule has 1 aliphatic heterocycles. The molecule has 1 aromatic heterocycles. The molecule has 0 aromatic carbocycles. The van der Waals surface area contributed by atoms with Crippen LogP contribution in [-0.2, 0) is 4.79 Å². The predicted octanol–water partition coefficient (Wildman–Crippen LogP) is 2.05. The van der Waals surface area contributed by atoms with E-state index in [1.165, 1.54) is 5.56 Å². The minimum Gasteiger partial charge on any atom is -0.394 e. The molecule has 0 radical (unpaired) electrons. The van der Waals surface area contributed by atoms with Gasteiger partial charge in [-0.2, -0.15) is 0 Å². The largest absolute Gasteiger partial charge is 0.394 e. The number of aliphatic hydroxyl groups is 1. The van der Waals surface area contributed by atoms with Gasteiger partial charge in [0.1, 0.15) is 0 Å². The van der Waals surface area contributed by atoms with Crippen LogP contribution in [0.5, 0.6) is 0 Å². The van der Waals surface area contributed by atoms with Crippen molar-refractivity contribution < 1.29 is 9.90 Å². The van der Waals surface area contributed by atoms with Crippen molar-refractivity contribution in [3.63, 3.8) is 0 Å². The highest BCUT2D eigenvalue weighted by Crippen LogP contribution is 2.19. The zero-order valence-electron chi connectivity index (χ0n) is 9.93. The van der Waals surface area contributed by atoms with Gasteiger partial charge in [0.15, 0.2) is 0 Å². The van der Waals surface area contributed by atoms with Gasteiger partial charge >= 0.3 is 0 Å². The summed E-state index contributed by atoms with van der Waals surface area (Å²) in [5.41, 5.74) is 1.19. The van der Waals surface area contributed by atoms with Crippen LogP contribution < -0.4 is 0 Å². The molecule has 1 N–H and O–H groups in total. The number of amides is 1. The molecule has 0 aliphatic carbocycles. The Balaban J connectivity index is 2.02. The molecule has 1 amide bonds. The molecular weight excluding hydrogens is 234 g/mol. The summed E-state index contributed by atoms with van der Waals surface area (Å²) in [4.78, 5) is 14.8. The molecule has 1 unspecified atom stereocenters. The summed E-state index contributed by atoms with van der Waals surface area (Å²) in [6.07, 6.45) is 5.39. The lowest BCUT2D eigenvalue weighted by molar-refractivity contribution is -0.127. The molecule has 1 saturated heterocycles. The number of thiophene rings is 1. The second kappa shape index (κ2) is 5.47. The molecule has 17 heavy (non-hydrogen) atoms. The number of carbonyl (C=O) groups excluding carboxylic acids is 1. The molecule has 1 fully saturated rings. The predicted molar refractivity (Wildman–Crippen MR) is 69.9 cm³/mol. The van der Waals surface area contributed by atoms with E-state index in [1.54, 1.807) is 22.3 Å². The van der Waals surface area contributed by atoms with Crippen molar-refractivity contribution in [2.75, 3.05) is 13.2 Å². The Morgan fingerprint density at radius 3 is 3.18 bits per heavy atom. The molecule has 3 nitrogen and oxygen atoms in total. The van der Waals surface area contributed by atoms with E-state index in [-0.39, 0.29) is 18.6 Å². The summed E-state index contributed by atoms with van der Waals surface area (Å²) >= 11 is 1.63. The number of aliphatic hydroxyl groups excluding tert-OH is 1. The Morgan fingerprint density at radius 2 is 2.53 bits per heavy atom. The summed E-state index contributed by atoms with van der Waals surface area (Å²) in [7, 11) is 0. The molecule has 1 atom stereocenters. The van der Waals surface area contributed by atoms with Crippen LogP contribution in [0.3, 0.4) is 0 Å². The van der Waals surface area contributed by atoms with Gasteiger partial charge in [-0.05, 0) is 42.9 Å². The third kappa shape index (κ3) is 2.76. The average molecular weight is 251 g/mol. The minimum atomic E-state index is 0.00866. The Hall–Kier alpha value is -1.13. The van der Waals surface area contributed by atoms with Gasteiger partial charge in [-0.15, -0.1) is 11.3 Å². The highest BCUT2D eigenvalue weighted by molar-refractivity contribution is 7.11. The smallest absolute Gasteiger partial charge is 0.246 e. The number of nitrogens with zero attached hydrogens (tertiary/aromatic N) is 1. The fraction of sp³-hybridized carbons (Fsp3) is 0.462. The van der Waals surface area contributed by atoms with Crippen LogP contribution in [0.15, 0.2) is 17.5 Å². The summed E-state index contributed by atoms with van der Waals surface area (Å²) in [6, 6.07) is 2.05. The summed E-state index contributed by atoms with van der Waals surface area (Å²) < 4.78 is 0. The number of carbonyl (C=O) groups is 1. The van der Waals surface area contributed by atoms with Crippen molar-refractivity contribution in [2.45, 2.75) is 25.8 Å². The van der Waals surface area contributed by atoms with Gasteiger partial charge in [-0.3, -0.25) is 4.79 Å². The van der Waals surface area contributed by atoms with Crippen molar-refractivity contribution in [1.29, 1.82) is 0 Å². The van der Waals surface area contributed by atoms with Gasteiger partial charge in [0.2, 0.25) is 5.91 Å². The SMILES string of the molecule is Cc1ccsc1/C=C/C(=O)N1CCCC1CO. The van der Waals surface area contributed by atoms with Crippen molar-refractivity contribution in [3.05, 3.63) is 28.0 Å².